The Morgan fingerprint density at radius 3 is 2.47 bits per heavy atom. The molecule has 0 bridgehead atoms. The van der Waals surface area contributed by atoms with Crippen LogP contribution in [0.5, 0.6) is 0 Å². The number of aryl methyl sites for hydroxylation is 2. The SMILES string of the molecule is Cc1cccc(N)c1S(=O)(=O)Nc1n[nH]c(C)c1C. The fourth-order valence-electron chi connectivity index (χ4n) is 1.80. The van der Waals surface area contributed by atoms with Gasteiger partial charge in [-0.1, -0.05) is 12.1 Å². The summed E-state index contributed by atoms with van der Waals surface area (Å²) in [5.74, 6) is 0.292. The van der Waals surface area contributed by atoms with Gasteiger partial charge in [-0.25, -0.2) is 8.42 Å². The first-order valence-corrected chi connectivity index (χ1v) is 7.20. The molecule has 0 saturated carbocycles. The van der Waals surface area contributed by atoms with Gasteiger partial charge in [0.25, 0.3) is 10.0 Å². The van der Waals surface area contributed by atoms with E-state index in [4.69, 9.17) is 5.73 Å². The summed E-state index contributed by atoms with van der Waals surface area (Å²) in [7, 11) is -3.74. The van der Waals surface area contributed by atoms with Crippen molar-refractivity contribution in [1.29, 1.82) is 0 Å². The maximum Gasteiger partial charge on any atom is 0.265 e. The molecule has 0 atom stereocenters. The normalized spacial score (nSPS) is 11.5. The fraction of sp³-hybridized carbons (Fsp3) is 0.250. The number of nitrogens with two attached hydrogens (primary N) is 1. The topological polar surface area (TPSA) is 101 Å². The van der Waals surface area contributed by atoms with Gasteiger partial charge in [0.2, 0.25) is 0 Å². The van der Waals surface area contributed by atoms with Crippen LogP contribution in [-0.2, 0) is 10.0 Å². The van der Waals surface area contributed by atoms with E-state index in [0.717, 1.165) is 11.3 Å². The van der Waals surface area contributed by atoms with Gasteiger partial charge in [-0.05, 0) is 32.4 Å². The Kier molecular flexibility index (Phi) is 3.23. The lowest BCUT2D eigenvalue weighted by atomic mass is 10.2. The number of benzene rings is 1. The number of H-pyrrole nitrogens is 1. The van der Waals surface area contributed by atoms with Gasteiger partial charge in [0.1, 0.15) is 4.90 Å². The number of hydrogen-bond acceptors (Lipinski definition) is 4. The van der Waals surface area contributed by atoms with E-state index in [2.05, 4.69) is 14.9 Å². The van der Waals surface area contributed by atoms with Gasteiger partial charge in [0.05, 0.1) is 5.69 Å². The number of nitrogen functional groups attached to an aromatic ring is 1. The summed E-state index contributed by atoms with van der Waals surface area (Å²) in [6, 6.07) is 4.98. The molecular formula is C12H16N4O2S. The Morgan fingerprint density at radius 1 is 1.26 bits per heavy atom. The van der Waals surface area contributed by atoms with E-state index in [0.29, 0.717) is 11.4 Å². The third kappa shape index (κ3) is 2.41. The molecule has 0 fully saturated rings. The van der Waals surface area contributed by atoms with Crippen LogP contribution in [0.25, 0.3) is 0 Å². The van der Waals surface area contributed by atoms with Crippen molar-refractivity contribution in [3.8, 4) is 0 Å². The lowest BCUT2D eigenvalue weighted by Crippen LogP contribution is -2.17. The predicted molar refractivity (Wildman–Crippen MR) is 74.5 cm³/mol. The Balaban J connectivity index is 2.47. The Hall–Kier alpha value is -2.02. The van der Waals surface area contributed by atoms with Crippen molar-refractivity contribution >= 4 is 21.5 Å². The molecule has 0 aliphatic heterocycles. The van der Waals surface area contributed by atoms with E-state index in [9.17, 15) is 8.42 Å². The predicted octanol–water partition coefficient (Wildman–Crippen LogP) is 1.72. The summed E-state index contributed by atoms with van der Waals surface area (Å²) in [5, 5.41) is 6.66. The molecule has 7 heteroatoms. The number of aromatic nitrogens is 2. The molecule has 0 spiro atoms. The van der Waals surface area contributed by atoms with Crippen molar-refractivity contribution in [2.45, 2.75) is 25.7 Å². The number of hydrogen-bond donors (Lipinski definition) is 3. The second kappa shape index (κ2) is 4.58. The van der Waals surface area contributed by atoms with Crippen LogP contribution >= 0.6 is 0 Å². The van der Waals surface area contributed by atoms with Gasteiger partial charge in [0.15, 0.2) is 5.82 Å². The van der Waals surface area contributed by atoms with Gasteiger partial charge in [-0.2, -0.15) is 5.10 Å². The van der Waals surface area contributed by atoms with E-state index in [-0.39, 0.29) is 10.6 Å². The molecule has 1 aromatic heterocycles. The highest BCUT2D eigenvalue weighted by molar-refractivity contribution is 7.93. The zero-order valence-corrected chi connectivity index (χ0v) is 11.8. The van der Waals surface area contributed by atoms with Crippen molar-refractivity contribution in [3.63, 3.8) is 0 Å². The summed E-state index contributed by atoms with van der Waals surface area (Å²) in [6.45, 7) is 5.31. The van der Waals surface area contributed by atoms with Crippen molar-refractivity contribution in [2.24, 2.45) is 0 Å². The molecule has 0 aliphatic rings. The molecule has 0 unspecified atom stereocenters. The quantitative estimate of drug-likeness (QED) is 0.745. The number of sulfonamides is 1. The minimum Gasteiger partial charge on any atom is -0.398 e. The van der Waals surface area contributed by atoms with Crippen molar-refractivity contribution in [2.75, 3.05) is 10.5 Å². The second-order valence-corrected chi connectivity index (χ2v) is 6.04. The van der Waals surface area contributed by atoms with Crippen LogP contribution in [0, 0.1) is 20.8 Å². The van der Waals surface area contributed by atoms with E-state index >= 15 is 0 Å². The van der Waals surface area contributed by atoms with Gasteiger partial charge in [-0.15, -0.1) is 0 Å². The van der Waals surface area contributed by atoms with Crippen molar-refractivity contribution in [1.82, 2.24) is 10.2 Å². The van der Waals surface area contributed by atoms with E-state index < -0.39 is 10.0 Å². The van der Waals surface area contributed by atoms with Gasteiger partial charge in [0, 0.05) is 11.3 Å². The minimum absolute atomic E-state index is 0.0926. The highest BCUT2D eigenvalue weighted by Crippen LogP contribution is 2.25. The largest absolute Gasteiger partial charge is 0.398 e. The molecular weight excluding hydrogens is 264 g/mol. The molecule has 0 radical (unpaired) electrons. The summed E-state index contributed by atoms with van der Waals surface area (Å²) in [4.78, 5) is 0.0926. The van der Waals surface area contributed by atoms with Crippen LogP contribution in [0.15, 0.2) is 23.1 Å². The van der Waals surface area contributed by atoms with Crippen molar-refractivity contribution in [3.05, 3.63) is 35.0 Å². The van der Waals surface area contributed by atoms with Crippen LogP contribution in [0.3, 0.4) is 0 Å². The highest BCUT2D eigenvalue weighted by Gasteiger charge is 2.22. The Bertz CT molecular complexity index is 699. The monoisotopic (exact) mass is 280 g/mol. The maximum atomic E-state index is 12.4. The number of anilines is 2. The molecule has 4 N–H and O–H groups in total. The average molecular weight is 280 g/mol. The maximum absolute atomic E-state index is 12.4. The van der Waals surface area contributed by atoms with Crippen LogP contribution in [-0.4, -0.2) is 18.6 Å². The number of aromatic amines is 1. The third-order valence-corrected chi connectivity index (χ3v) is 4.55. The minimum atomic E-state index is -3.74. The van der Waals surface area contributed by atoms with E-state index in [1.165, 1.54) is 0 Å². The summed E-state index contributed by atoms with van der Waals surface area (Å²) < 4.78 is 27.2. The average Bonchev–Trinajstić information content (AvgIpc) is 2.60. The summed E-state index contributed by atoms with van der Waals surface area (Å²) in [5.41, 5.74) is 8.15. The first-order valence-electron chi connectivity index (χ1n) is 5.72. The molecule has 102 valence electrons. The van der Waals surface area contributed by atoms with Gasteiger partial charge < -0.3 is 5.73 Å². The zero-order valence-electron chi connectivity index (χ0n) is 11.0. The van der Waals surface area contributed by atoms with Crippen LogP contribution in [0.2, 0.25) is 0 Å². The highest BCUT2D eigenvalue weighted by atomic mass is 32.2. The first kappa shape index (κ1) is 13.4. The van der Waals surface area contributed by atoms with E-state index in [1.54, 1.807) is 32.0 Å². The molecule has 1 aromatic carbocycles. The summed E-state index contributed by atoms with van der Waals surface area (Å²) in [6.07, 6.45) is 0. The molecule has 0 saturated heterocycles. The molecule has 2 aromatic rings. The molecule has 2 rings (SSSR count). The Morgan fingerprint density at radius 2 is 1.95 bits per heavy atom. The molecule has 0 aliphatic carbocycles. The fourth-order valence-corrected chi connectivity index (χ4v) is 3.23. The number of nitrogens with one attached hydrogen (secondary N) is 2. The number of rotatable bonds is 3. The Labute approximate surface area is 112 Å². The number of nitrogens with zero attached hydrogens (tertiary/aromatic N) is 1. The first-order chi connectivity index (χ1) is 8.83. The van der Waals surface area contributed by atoms with Gasteiger partial charge in [-0.3, -0.25) is 9.82 Å². The van der Waals surface area contributed by atoms with Crippen LogP contribution in [0.1, 0.15) is 16.8 Å². The van der Waals surface area contributed by atoms with Crippen LogP contribution in [0.4, 0.5) is 11.5 Å². The standard InChI is InChI=1S/C12H16N4O2S/c1-7-5-4-6-10(13)11(7)19(17,18)16-12-8(2)9(3)14-15-12/h4-6H,13H2,1-3H3,(H2,14,15,16). The third-order valence-electron chi connectivity index (χ3n) is 3.00. The zero-order chi connectivity index (χ0) is 14.2. The molecule has 0 amide bonds. The molecule has 6 nitrogen and oxygen atoms in total. The second-order valence-electron chi connectivity index (χ2n) is 4.42. The summed E-state index contributed by atoms with van der Waals surface area (Å²) >= 11 is 0. The smallest absolute Gasteiger partial charge is 0.265 e. The molecule has 19 heavy (non-hydrogen) atoms. The molecule has 1 heterocycles. The van der Waals surface area contributed by atoms with Crippen LogP contribution < -0.4 is 10.5 Å². The lowest BCUT2D eigenvalue weighted by molar-refractivity contribution is 0.601. The van der Waals surface area contributed by atoms with Gasteiger partial charge >= 0.3 is 0 Å². The lowest BCUT2D eigenvalue weighted by Gasteiger charge is -2.11. The van der Waals surface area contributed by atoms with Crippen molar-refractivity contribution < 1.29 is 8.42 Å². The van der Waals surface area contributed by atoms with E-state index in [1.807, 2.05) is 6.92 Å².